The maximum absolute atomic E-state index is 8.93. The Labute approximate surface area is 176 Å². The van der Waals surface area contributed by atoms with Crippen LogP contribution in [-0.4, -0.2) is 17.0 Å². The molecule has 0 fully saturated rings. The number of aromatic nitrogens is 2. The summed E-state index contributed by atoms with van der Waals surface area (Å²) in [6, 6.07) is 17.9. The summed E-state index contributed by atoms with van der Waals surface area (Å²) in [7, 11) is 1.95. The van der Waals surface area contributed by atoms with Crippen LogP contribution < -0.4 is 10.6 Å². The van der Waals surface area contributed by atoms with Crippen molar-refractivity contribution in [1.82, 2.24) is 15.3 Å². The molecule has 2 aromatic carbocycles. The molecule has 4 rings (SSSR count). The van der Waals surface area contributed by atoms with Gasteiger partial charge in [-0.05, 0) is 67.6 Å². The number of aryl methyl sites for hydroxylation is 1. The summed E-state index contributed by atoms with van der Waals surface area (Å²) in [5, 5.41) is 16.7. The fraction of sp³-hybridized carbons (Fsp3) is 0.130. The molecule has 6 heteroatoms. The van der Waals surface area contributed by atoms with Crippen LogP contribution in [0.4, 0.5) is 11.4 Å². The molecule has 0 saturated heterocycles. The Balaban J connectivity index is 0.000000290. The van der Waals surface area contributed by atoms with E-state index in [0.717, 1.165) is 33.9 Å². The average molecular weight is 402 g/mol. The van der Waals surface area contributed by atoms with Gasteiger partial charge in [0.1, 0.15) is 0 Å². The highest BCUT2D eigenvalue weighted by atomic mass is 32.1. The van der Waals surface area contributed by atoms with Crippen molar-refractivity contribution in [3.05, 3.63) is 83.8 Å². The van der Waals surface area contributed by atoms with Crippen LogP contribution in [0, 0.1) is 18.3 Å². The van der Waals surface area contributed by atoms with Gasteiger partial charge >= 0.3 is 0 Å². The molecule has 0 saturated carbocycles. The number of nitrogens with one attached hydrogen (secondary N) is 3. The first kappa shape index (κ1) is 20.5. The standard InChI is InChI=1S/C18H18N4.C5H5NS/c1-12-7-13(9-19)3-6-17(12)22-15-4-5-16-14(10-20-2)11-21-18(16)8-15;7-5-2-1-3-6-4-5/h3-8,11,20-22H,10H2,1-2H3;1-4,7H. The fourth-order valence-electron chi connectivity index (χ4n) is 2.98. The minimum Gasteiger partial charge on any atom is -0.361 e. The number of pyridine rings is 1. The lowest BCUT2D eigenvalue weighted by atomic mass is 10.1. The van der Waals surface area contributed by atoms with Gasteiger partial charge in [0.2, 0.25) is 0 Å². The van der Waals surface area contributed by atoms with Crippen LogP contribution in [0.3, 0.4) is 0 Å². The van der Waals surface area contributed by atoms with Gasteiger partial charge in [-0.2, -0.15) is 5.26 Å². The highest BCUT2D eigenvalue weighted by Gasteiger charge is 2.05. The second-order valence-corrected chi connectivity index (χ2v) is 7.10. The molecule has 3 N–H and O–H groups in total. The second kappa shape index (κ2) is 9.78. The zero-order chi connectivity index (χ0) is 20.6. The fourth-order valence-corrected chi connectivity index (χ4v) is 3.14. The molecule has 0 aliphatic heterocycles. The first-order valence-corrected chi connectivity index (χ1v) is 9.67. The van der Waals surface area contributed by atoms with Crippen LogP contribution in [0.25, 0.3) is 10.9 Å². The molecule has 0 atom stereocenters. The molecule has 2 aromatic heterocycles. The minimum atomic E-state index is 0.680. The molecule has 0 aliphatic carbocycles. The first-order chi connectivity index (χ1) is 14.1. The molecule has 29 heavy (non-hydrogen) atoms. The van der Waals surface area contributed by atoms with Crippen LogP contribution in [0.5, 0.6) is 0 Å². The van der Waals surface area contributed by atoms with Gasteiger partial charge in [0.25, 0.3) is 0 Å². The largest absolute Gasteiger partial charge is 0.361 e. The summed E-state index contributed by atoms with van der Waals surface area (Å²) in [4.78, 5) is 8.02. The Morgan fingerprint density at radius 2 is 2.03 bits per heavy atom. The number of fused-ring (bicyclic) bond motifs is 1. The molecule has 0 aliphatic rings. The van der Waals surface area contributed by atoms with Gasteiger partial charge in [-0.3, -0.25) is 4.98 Å². The van der Waals surface area contributed by atoms with Gasteiger partial charge in [0, 0.05) is 52.3 Å². The van der Waals surface area contributed by atoms with E-state index in [9.17, 15) is 0 Å². The van der Waals surface area contributed by atoms with Crippen LogP contribution in [0.1, 0.15) is 16.7 Å². The van der Waals surface area contributed by atoms with Crippen molar-refractivity contribution in [2.45, 2.75) is 18.4 Å². The highest BCUT2D eigenvalue weighted by Crippen LogP contribution is 2.26. The van der Waals surface area contributed by atoms with E-state index in [1.165, 1.54) is 10.9 Å². The summed E-state index contributed by atoms with van der Waals surface area (Å²) >= 11 is 4.02. The third kappa shape index (κ3) is 5.38. The number of aromatic amines is 1. The number of benzene rings is 2. The summed E-state index contributed by atoms with van der Waals surface area (Å²) < 4.78 is 0. The minimum absolute atomic E-state index is 0.680. The van der Waals surface area contributed by atoms with E-state index < -0.39 is 0 Å². The zero-order valence-corrected chi connectivity index (χ0v) is 17.3. The number of nitriles is 1. The van der Waals surface area contributed by atoms with Crippen LogP contribution in [-0.2, 0) is 6.54 Å². The summed E-state index contributed by atoms with van der Waals surface area (Å²) in [5.74, 6) is 0. The van der Waals surface area contributed by atoms with Gasteiger partial charge < -0.3 is 15.6 Å². The first-order valence-electron chi connectivity index (χ1n) is 9.22. The lowest BCUT2D eigenvalue weighted by Gasteiger charge is -2.10. The molecular formula is C23H23N5S. The molecule has 0 unspecified atom stereocenters. The summed E-state index contributed by atoms with van der Waals surface area (Å²) in [5.41, 5.74) is 6.15. The van der Waals surface area contributed by atoms with Crippen LogP contribution in [0.2, 0.25) is 0 Å². The van der Waals surface area contributed by atoms with E-state index in [1.807, 2.05) is 50.5 Å². The Hall–Kier alpha value is -3.27. The summed E-state index contributed by atoms with van der Waals surface area (Å²) in [6.45, 7) is 2.85. The molecule has 2 heterocycles. The monoisotopic (exact) mass is 401 g/mol. The Kier molecular flexibility index (Phi) is 6.90. The van der Waals surface area contributed by atoms with E-state index in [1.54, 1.807) is 12.4 Å². The molecule has 0 amide bonds. The number of hydrogen-bond donors (Lipinski definition) is 4. The van der Waals surface area contributed by atoms with Crippen LogP contribution >= 0.6 is 12.6 Å². The molecule has 4 aromatic rings. The van der Waals surface area contributed by atoms with Crippen molar-refractivity contribution < 1.29 is 0 Å². The van der Waals surface area contributed by atoms with E-state index in [-0.39, 0.29) is 0 Å². The third-order valence-electron chi connectivity index (χ3n) is 4.42. The van der Waals surface area contributed by atoms with Crippen molar-refractivity contribution in [2.75, 3.05) is 12.4 Å². The Bertz CT molecular complexity index is 1130. The predicted molar refractivity (Wildman–Crippen MR) is 122 cm³/mol. The maximum atomic E-state index is 8.93. The normalized spacial score (nSPS) is 10.1. The Morgan fingerprint density at radius 1 is 1.17 bits per heavy atom. The van der Waals surface area contributed by atoms with Crippen molar-refractivity contribution >= 4 is 34.9 Å². The lowest BCUT2D eigenvalue weighted by Crippen LogP contribution is -2.03. The van der Waals surface area contributed by atoms with Gasteiger partial charge in [0.05, 0.1) is 11.6 Å². The number of hydrogen-bond acceptors (Lipinski definition) is 5. The number of thiol groups is 1. The van der Waals surface area contributed by atoms with E-state index in [2.05, 4.69) is 57.5 Å². The van der Waals surface area contributed by atoms with Gasteiger partial charge in [-0.25, -0.2) is 0 Å². The number of nitrogens with zero attached hydrogens (tertiary/aromatic N) is 2. The highest BCUT2D eigenvalue weighted by molar-refractivity contribution is 7.80. The topological polar surface area (TPSA) is 76.5 Å². The van der Waals surface area contributed by atoms with Crippen molar-refractivity contribution in [2.24, 2.45) is 0 Å². The third-order valence-corrected chi connectivity index (χ3v) is 4.68. The smallest absolute Gasteiger partial charge is 0.0991 e. The van der Waals surface area contributed by atoms with Crippen LogP contribution in [0.15, 0.2) is 72.0 Å². The van der Waals surface area contributed by atoms with Gasteiger partial charge in [-0.15, -0.1) is 12.6 Å². The van der Waals surface area contributed by atoms with E-state index in [4.69, 9.17) is 5.26 Å². The summed E-state index contributed by atoms with van der Waals surface area (Å²) in [6.07, 6.45) is 5.46. The second-order valence-electron chi connectivity index (χ2n) is 6.58. The lowest BCUT2D eigenvalue weighted by molar-refractivity contribution is 0.823. The molecular weight excluding hydrogens is 378 g/mol. The van der Waals surface area contributed by atoms with Gasteiger partial charge in [0.15, 0.2) is 0 Å². The maximum Gasteiger partial charge on any atom is 0.0991 e. The van der Waals surface area contributed by atoms with E-state index >= 15 is 0 Å². The zero-order valence-electron chi connectivity index (χ0n) is 16.4. The van der Waals surface area contributed by atoms with E-state index in [0.29, 0.717) is 5.56 Å². The van der Waals surface area contributed by atoms with Crippen molar-refractivity contribution in [3.63, 3.8) is 0 Å². The molecule has 0 radical (unpaired) electrons. The number of rotatable bonds is 4. The van der Waals surface area contributed by atoms with Crippen molar-refractivity contribution in [3.8, 4) is 6.07 Å². The number of anilines is 2. The van der Waals surface area contributed by atoms with Crippen molar-refractivity contribution in [1.29, 1.82) is 5.26 Å². The average Bonchev–Trinajstić information content (AvgIpc) is 3.13. The molecule has 0 bridgehead atoms. The quantitative estimate of drug-likeness (QED) is 0.355. The molecule has 0 spiro atoms. The predicted octanol–water partition coefficient (Wildman–Crippen LogP) is 5.18. The SMILES string of the molecule is CNCc1c[nH]c2cc(Nc3ccc(C#N)cc3C)ccc12.Sc1cccnc1. The molecule has 146 valence electrons. The number of H-pyrrole nitrogens is 1. The Morgan fingerprint density at radius 3 is 2.66 bits per heavy atom. The van der Waals surface area contributed by atoms with Gasteiger partial charge in [-0.1, -0.05) is 6.07 Å². The molecule has 5 nitrogen and oxygen atoms in total.